The van der Waals surface area contributed by atoms with Gasteiger partial charge < -0.3 is 10.2 Å². The van der Waals surface area contributed by atoms with Crippen LogP contribution in [0.25, 0.3) is 10.8 Å². The highest BCUT2D eigenvalue weighted by molar-refractivity contribution is 9.10. The van der Waals surface area contributed by atoms with Crippen LogP contribution in [0.2, 0.25) is 0 Å². The van der Waals surface area contributed by atoms with Crippen molar-refractivity contribution in [1.82, 2.24) is 5.32 Å². The summed E-state index contributed by atoms with van der Waals surface area (Å²) in [7, 11) is 2.08. The maximum Gasteiger partial charge on any atom is 0.0449 e. The average molecular weight is 347 g/mol. The number of piperidine rings is 1. The summed E-state index contributed by atoms with van der Waals surface area (Å²) >= 11 is 3.67. The summed E-state index contributed by atoms with van der Waals surface area (Å²) in [5.41, 5.74) is 1.36. The summed E-state index contributed by atoms with van der Waals surface area (Å²) < 4.78 is 1.17. The molecule has 1 N–H and O–H groups in total. The molecule has 2 nitrogen and oxygen atoms in total. The SMILES string of the molecule is CNC1CCN(c2ccc(Br)c3ccccc23)C(C)C1C. The number of benzene rings is 2. The fourth-order valence-corrected chi connectivity index (χ4v) is 4.09. The molecular weight excluding hydrogens is 324 g/mol. The van der Waals surface area contributed by atoms with E-state index < -0.39 is 0 Å². The maximum absolute atomic E-state index is 3.67. The molecule has 0 radical (unpaired) electrons. The van der Waals surface area contributed by atoms with Crippen LogP contribution in [0.5, 0.6) is 0 Å². The molecule has 3 unspecified atom stereocenters. The van der Waals surface area contributed by atoms with Gasteiger partial charge in [0.05, 0.1) is 0 Å². The number of halogens is 1. The van der Waals surface area contributed by atoms with Crippen molar-refractivity contribution in [2.75, 3.05) is 18.5 Å². The lowest BCUT2D eigenvalue weighted by Crippen LogP contribution is -2.52. The van der Waals surface area contributed by atoms with E-state index >= 15 is 0 Å². The van der Waals surface area contributed by atoms with E-state index in [9.17, 15) is 0 Å². The Morgan fingerprint density at radius 1 is 1.10 bits per heavy atom. The van der Waals surface area contributed by atoms with Gasteiger partial charge in [0, 0.05) is 34.2 Å². The minimum atomic E-state index is 0.542. The third-order valence-corrected chi connectivity index (χ3v) is 5.79. The molecule has 1 aliphatic heterocycles. The number of rotatable bonds is 2. The van der Waals surface area contributed by atoms with Crippen molar-refractivity contribution >= 4 is 32.4 Å². The van der Waals surface area contributed by atoms with Gasteiger partial charge in [-0.15, -0.1) is 0 Å². The second kappa shape index (κ2) is 5.98. The molecule has 3 rings (SSSR count). The molecule has 0 bridgehead atoms. The molecule has 1 aliphatic rings. The second-order valence-electron chi connectivity index (χ2n) is 6.09. The van der Waals surface area contributed by atoms with E-state index in [0.717, 1.165) is 6.54 Å². The minimum Gasteiger partial charge on any atom is -0.368 e. The predicted molar refractivity (Wildman–Crippen MR) is 95.1 cm³/mol. The van der Waals surface area contributed by atoms with Crippen LogP contribution < -0.4 is 10.2 Å². The zero-order chi connectivity index (χ0) is 15.0. The molecule has 112 valence electrons. The van der Waals surface area contributed by atoms with E-state index in [0.29, 0.717) is 18.0 Å². The number of fused-ring (bicyclic) bond motifs is 1. The second-order valence-corrected chi connectivity index (χ2v) is 6.94. The Bertz CT molecular complexity index is 640. The van der Waals surface area contributed by atoms with Gasteiger partial charge in [-0.1, -0.05) is 47.1 Å². The van der Waals surface area contributed by atoms with Crippen LogP contribution in [-0.4, -0.2) is 25.7 Å². The van der Waals surface area contributed by atoms with E-state index in [-0.39, 0.29) is 0 Å². The molecule has 1 fully saturated rings. The van der Waals surface area contributed by atoms with Crippen LogP contribution in [0.1, 0.15) is 20.3 Å². The summed E-state index contributed by atoms with van der Waals surface area (Å²) in [6.07, 6.45) is 1.20. The van der Waals surface area contributed by atoms with Crippen molar-refractivity contribution in [2.24, 2.45) is 5.92 Å². The van der Waals surface area contributed by atoms with Gasteiger partial charge in [-0.2, -0.15) is 0 Å². The summed E-state index contributed by atoms with van der Waals surface area (Å²) in [5.74, 6) is 0.645. The number of nitrogens with one attached hydrogen (secondary N) is 1. The lowest BCUT2D eigenvalue weighted by molar-refractivity contribution is 0.283. The zero-order valence-electron chi connectivity index (χ0n) is 12.9. The highest BCUT2D eigenvalue weighted by atomic mass is 79.9. The van der Waals surface area contributed by atoms with E-state index in [2.05, 4.69) is 83.4 Å². The van der Waals surface area contributed by atoms with Gasteiger partial charge in [-0.05, 0) is 43.8 Å². The fourth-order valence-electron chi connectivity index (χ4n) is 3.61. The van der Waals surface area contributed by atoms with Crippen molar-refractivity contribution in [3.8, 4) is 0 Å². The van der Waals surface area contributed by atoms with Crippen molar-refractivity contribution in [1.29, 1.82) is 0 Å². The smallest absolute Gasteiger partial charge is 0.0449 e. The third kappa shape index (κ3) is 2.58. The predicted octanol–water partition coefficient (Wildman–Crippen LogP) is 4.43. The Labute approximate surface area is 135 Å². The molecule has 3 heteroatoms. The van der Waals surface area contributed by atoms with Gasteiger partial charge in [-0.3, -0.25) is 0 Å². The van der Waals surface area contributed by atoms with Crippen LogP contribution in [0.3, 0.4) is 0 Å². The molecule has 0 aromatic heterocycles. The Morgan fingerprint density at radius 2 is 1.81 bits per heavy atom. The molecule has 0 saturated carbocycles. The first kappa shape index (κ1) is 14.9. The normalized spacial score (nSPS) is 26.3. The third-order valence-electron chi connectivity index (χ3n) is 5.10. The van der Waals surface area contributed by atoms with Crippen LogP contribution in [-0.2, 0) is 0 Å². The van der Waals surface area contributed by atoms with Crippen LogP contribution in [0.4, 0.5) is 5.69 Å². The average Bonchev–Trinajstić information content (AvgIpc) is 2.51. The molecule has 1 saturated heterocycles. The summed E-state index contributed by atoms with van der Waals surface area (Å²) in [6.45, 7) is 5.83. The topological polar surface area (TPSA) is 15.3 Å². The molecular formula is C18H23BrN2. The highest BCUT2D eigenvalue weighted by Gasteiger charge is 2.32. The lowest BCUT2D eigenvalue weighted by Gasteiger charge is -2.44. The monoisotopic (exact) mass is 346 g/mol. The van der Waals surface area contributed by atoms with E-state index in [4.69, 9.17) is 0 Å². The van der Waals surface area contributed by atoms with E-state index in [1.165, 1.54) is 27.4 Å². The molecule has 0 spiro atoms. The molecule has 0 amide bonds. The summed E-state index contributed by atoms with van der Waals surface area (Å²) in [6, 6.07) is 14.3. The largest absolute Gasteiger partial charge is 0.368 e. The Hall–Kier alpha value is -1.06. The zero-order valence-corrected chi connectivity index (χ0v) is 14.5. The first-order chi connectivity index (χ1) is 10.1. The van der Waals surface area contributed by atoms with Crippen LogP contribution in [0, 0.1) is 5.92 Å². The van der Waals surface area contributed by atoms with Gasteiger partial charge in [0.1, 0.15) is 0 Å². The van der Waals surface area contributed by atoms with Crippen LogP contribution >= 0.6 is 15.9 Å². The first-order valence-electron chi connectivity index (χ1n) is 7.74. The standard InChI is InChI=1S/C18H23BrN2/c1-12-13(2)21(11-10-17(12)20-3)18-9-8-16(19)14-6-4-5-7-15(14)18/h4-9,12-13,17,20H,10-11H2,1-3H3. The van der Waals surface area contributed by atoms with Gasteiger partial charge in [0.2, 0.25) is 0 Å². The number of hydrogen-bond acceptors (Lipinski definition) is 2. The Morgan fingerprint density at radius 3 is 2.52 bits per heavy atom. The molecule has 3 atom stereocenters. The molecule has 2 aromatic carbocycles. The van der Waals surface area contributed by atoms with Gasteiger partial charge in [0.15, 0.2) is 0 Å². The van der Waals surface area contributed by atoms with Gasteiger partial charge in [0.25, 0.3) is 0 Å². The maximum atomic E-state index is 3.67. The van der Waals surface area contributed by atoms with Gasteiger partial charge >= 0.3 is 0 Å². The molecule has 1 heterocycles. The van der Waals surface area contributed by atoms with Crippen molar-refractivity contribution in [3.63, 3.8) is 0 Å². The lowest BCUT2D eigenvalue weighted by atomic mass is 9.86. The highest BCUT2D eigenvalue weighted by Crippen LogP contribution is 2.36. The number of nitrogens with zero attached hydrogens (tertiary/aromatic N) is 1. The number of anilines is 1. The quantitative estimate of drug-likeness (QED) is 0.865. The van der Waals surface area contributed by atoms with E-state index in [1.807, 2.05) is 0 Å². The number of hydrogen-bond donors (Lipinski definition) is 1. The van der Waals surface area contributed by atoms with Crippen LogP contribution in [0.15, 0.2) is 40.9 Å². The Balaban J connectivity index is 2.03. The van der Waals surface area contributed by atoms with Gasteiger partial charge in [-0.25, -0.2) is 0 Å². The first-order valence-corrected chi connectivity index (χ1v) is 8.54. The van der Waals surface area contributed by atoms with Crippen molar-refractivity contribution < 1.29 is 0 Å². The molecule has 0 aliphatic carbocycles. The van der Waals surface area contributed by atoms with E-state index in [1.54, 1.807) is 0 Å². The Kier molecular flexibility index (Phi) is 4.23. The summed E-state index contributed by atoms with van der Waals surface area (Å²) in [4.78, 5) is 2.58. The van der Waals surface area contributed by atoms with Crippen molar-refractivity contribution in [3.05, 3.63) is 40.9 Å². The fraction of sp³-hybridized carbons (Fsp3) is 0.444. The van der Waals surface area contributed by atoms with Crippen molar-refractivity contribution in [2.45, 2.75) is 32.4 Å². The summed E-state index contributed by atoms with van der Waals surface area (Å²) in [5, 5.41) is 6.11. The molecule has 21 heavy (non-hydrogen) atoms. The molecule has 2 aromatic rings. The minimum absolute atomic E-state index is 0.542.